The van der Waals surface area contributed by atoms with Crippen LogP contribution in [0.15, 0.2) is 6.07 Å². The Bertz CT molecular complexity index is 364. The fourth-order valence-electron chi connectivity index (χ4n) is 1.81. The third kappa shape index (κ3) is 4.40. The van der Waals surface area contributed by atoms with Crippen LogP contribution in [0.1, 0.15) is 36.5 Å². The molecule has 1 saturated carbocycles. The topological polar surface area (TPSA) is 47.0 Å². The molecule has 0 atom stereocenters. The molecule has 0 amide bonds. The average Bonchev–Trinajstić information content (AvgIpc) is 3.10. The minimum Gasteiger partial charge on any atom is -0.385 e. The lowest BCUT2D eigenvalue weighted by molar-refractivity contribution is 0.194. The molecule has 0 saturated heterocycles. The maximum atomic E-state index is 5.04. The van der Waals surface area contributed by atoms with E-state index in [1.807, 2.05) is 6.92 Å². The predicted octanol–water partition coefficient (Wildman–Crippen LogP) is 1.62. The van der Waals surface area contributed by atoms with E-state index in [4.69, 9.17) is 4.74 Å². The van der Waals surface area contributed by atoms with Crippen molar-refractivity contribution in [3.8, 4) is 0 Å². The Morgan fingerprint density at radius 3 is 2.94 bits per heavy atom. The van der Waals surface area contributed by atoms with Gasteiger partial charge in [0, 0.05) is 38.4 Å². The number of ether oxygens (including phenoxy) is 1. The van der Waals surface area contributed by atoms with Crippen LogP contribution < -0.4 is 5.32 Å². The normalized spacial score (nSPS) is 15.2. The van der Waals surface area contributed by atoms with Crippen molar-refractivity contribution >= 4 is 0 Å². The second kappa shape index (κ2) is 6.07. The van der Waals surface area contributed by atoms with Crippen LogP contribution in [0.2, 0.25) is 0 Å². The molecular weight excluding hydrogens is 214 g/mol. The molecule has 1 aromatic rings. The summed E-state index contributed by atoms with van der Waals surface area (Å²) in [7, 11) is 1.72. The molecule has 1 fully saturated rings. The van der Waals surface area contributed by atoms with Crippen molar-refractivity contribution in [2.24, 2.45) is 0 Å². The quantitative estimate of drug-likeness (QED) is 0.729. The molecule has 1 aromatic heterocycles. The molecule has 0 unspecified atom stereocenters. The van der Waals surface area contributed by atoms with Gasteiger partial charge in [0.1, 0.15) is 5.82 Å². The van der Waals surface area contributed by atoms with E-state index in [1.54, 1.807) is 7.11 Å². The molecule has 1 N–H and O–H groups in total. The molecule has 1 aliphatic carbocycles. The number of aromatic nitrogens is 2. The summed E-state index contributed by atoms with van der Waals surface area (Å²) in [5.41, 5.74) is 2.16. The average molecular weight is 235 g/mol. The molecule has 0 spiro atoms. The van der Waals surface area contributed by atoms with Crippen molar-refractivity contribution in [3.05, 3.63) is 23.3 Å². The Morgan fingerprint density at radius 2 is 2.24 bits per heavy atom. The van der Waals surface area contributed by atoms with Gasteiger partial charge in [-0.25, -0.2) is 9.97 Å². The van der Waals surface area contributed by atoms with Crippen molar-refractivity contribution in [1.82, 2.24) is 15.3 Å². The van der Waals surface area contributed by atoms with Crippen molar-refractivity contribution in [2.45, 2.75) is 45.2 Å². The first-order valence-corrected chi connectivity index (χ1v) is 6.33. The highest BCUT2D eigenvalue weighted by molar-refractivity contribution is 5.10. The highest BCUT2D eigenvalue weighted by Crippen LogP contribution is 2.19. The standard InChI is InChI=1S/C13H21N3O/c1-10-8-12(9-14-11-5-6-11)16-13(15-10)4-3-7-17-2/h8,11,14H,3-7,9H2,1-2H3. The van der Waals surface area contributed by atoms with Gasteiger partial charge in [-0.15, -0.1) is 0 Å². The van der Waals surface area contributed by atoms with Gasteiger partial charge in [-0.3, -0.25) is 0 Å². The van der Waals surface area contributed by atoms with Gasteiger partial charge in [-0.2, -0.15) is 0 Å². The van der Waals surface area contributed by atoms with E-state index in [2.05, 4.69) is 21.4 Å². The second-order valence-electron chi connectivity index (χ2n) is 4.67. The number of hydrogen-bond donors (Lipinski definition) is 1. The number of aryl methyl sites for hydroxylation is 2. The van der Waals surface area contributed by atoms with Gasteiger partial charge in [-0.05, 0) is 32.3 Å². The summed E-state index contributed by atoms with van der Waals surface area (Å²) in [6.45, 7) is 3.67. The van der Waals surface area contributed by atoms with E-state index in [-0.39, 0.29) is 0 Å². The Labute approximate surface area is 103 Å². The van der Waals surface area contributed by atoms with Gasteiger partial charge in [-0.1, -0.05) is 0 Å². The minimum absolute atomic E-state index is 0.724. The smallest absolute Gasteiger partial charge is 0.128 e. The van der Waals surface area contributed by atoms with Crippen LogP contribution in [0, 0.1) is 6.92 Å². The van der Waals surface area contributed by atoms with E-state index in [0.29, 0.717) is 0 Å². The molecule has 0 radical (unpaired) electrons. The van der Waals surface area contributed by atoms with Crippen LogP contribution in [0.3, 0.4) is 0 Å². The molecule has 1 aliphatic rings. The first-order valence-electron chi connectivity index (χ1n) is 6.33. The third-order valence-electron chi connectivity index (χ3n) is 2.85. The van der Waals surface area contributed by atoms with E-state index >= 15 is 0 Å². The fourth-order valence-corrected chi connectivity index (χ4v) is 1.81. The zero-order valence-corrected chi connectivity index (χ0v) is 10.7. The highest BCUT2D eigenvalue weighted by Gasteiger charge is 2.20. The van der Waals surface area contributed by atoms with Crippen LogP contribution >= 0.6 is 0 Å². The molecule has 4 heteroatoms. The number of rotatable bonds is 7. The fraction of sp³-hybridized carbons (Fsp3) is 0.692. The predicted molar refractivity (Wildman–Crippen MR) is 66.8 cm³/mol. The zero-order chi connectivity index (χ0) is 12.1. The first-order chi connectivity index (χ1) is 8.28. The molecule has 0 aromatic carbocycles. The Balaban J connectivity index is 1.90. The van der Waals surface area contributed by atoms with Gasteiger partial charge < -0.3 is 10.1 Å². The van der Waals surface area contributed by atoms with Gasteiger partial charge >= 0.3 is 0 Å². The highest BCUT2D eigenvalue weighted by atomic mass is 16.5. The molecule has 17 heavy (non-hydrogen) atoms. The van der Waals surface area contributed by atoms with E-state index in [0.717, 1.165) is 49.2 Å². The molecular formula is C13H21N3O. The molecule has 1 heterocycles. The lowest BCUT2D eigenvalue weighted by atomic mass is 10.2. The summed E-state index contributed by atoms with van der Waals surface area (Å²) in [5, 5.41) is 3.48. The molecule has 0 bridgehead atoms. The monoisotopic (exact) mass is 235 g/mol. The summed E-state index contributed by atoms with van der Waals surface area (Å²) >= 11 is 0. The summed E-state index contributed by atoms with van der Waals surface area (Å²) in [5.74, 6) is 0.939. The number of nitrogens with one attached hydrogen (secondary N) is 1. The molecule has 0 aliphatic heterocycles. The van der Waals surface area contributed by atoms with Crippen molar-refractivity contribution in [3.63, 3.8) is 0 Å². The SMILES string of the molecule is COCCCc1nc(C)cc(CNC2CC2)n1. The van der Waals surface area contributed by atoms with Gasteiger partial charge in [0.2, 0.25) is 0 Å². The second-order valence-corrected chi connectivity index (χ2v) is 4.67. The van der Waals surface area contributed by atoms with E-state index in [1.165, 1.54) is 12.8 Å². The van der Waals surface area contributed by atoms with Crippen molar-refractivity contribution in [2.75, 3.05) is 13.7 Å². The maximum Gasteiger partial charge on any atom is 0.128 e. The van der Waals surface area contributed by atoms with Gasteiger partial charge in [0.25, 0.3) is 0 Å². The first kappa shape index (κ1) is 12.5. The molecule has 94 valence electrons. The molecule has 2 rings (SSSR count). The van der Waals surface area contributed by atoms with Gasteiger partial charge in [0.05, 0.1) is 5.69 Å². The van der Waals surface area contributed by atoms with Crippen LogP contribution in [0.4, 0.5) is 0 Å². The Kier molecular flexibility index (Phi) is 4.45. The van der Waals surface area contributed by atoms with Crippen molar-refractivity contribution in [1.29, 1.82) is 0 Å². The third-order valence-corrected chi connectivity index (χ3v) is 2.85. The summed E-state index contributed by atoms with van der Waals surface area (Å²) in [6.07, 6.45) is 4.50. The van der Waals surface area contributed by atoms with Crippen LogP contribution in [-0.4, -0.2) is 29.7 Å². The van der Waals surface area contributed by atoms with Crippen molar-refractivity contribution < 1.29 is 4.74 Å². The maximum absolute atomic E-state index is 5.04. The minimum atomic E-state index is 0.724. The Hall–Kier alpha value is -1.00. The number of hydrogen-bond acceptors (Lipinski definition) is 4. The summed E-state index contributed by atoms with van der Waals surface area (Å²) < 4.78 is 5.04. The molecule has 4 nitrogen and oxygen atoms in total. The lowest BCUT2D eigenvalue weighted by Crippen LogP contribution is -2.17. The Morgan fingerprint density at radius 1 is 1.41 bits per heavy atom. The summed E-state index contributed by atoms with van der Waals surface area (Å²) in [6, 6.07) is 2.79. The van der Waals surface area contributed by atoms with Gasteiger partial charge in [0.15, 0.2) is 0 Å². The van der Waals surface area contributed by atoms with Crippen LogP contribution in [-0.2, 0) is 17.7 Å². The van der Waals surface area contributed by atoms with E-state index < -0.39 is 0 Å². The van der Waals surface area contributed by atoms with E-state index in [9.17, 15) is 0 Å². The zero-order valence-electron chi connectivity index (χ0n) is 10.7. The summed E-state index contributed by atoms with van der Waals surface area (Å²) in [4.78, 5) is 9.03. The number of methoxy groups -OCH3 is 1. The van der Waals surface area contributed by atoms with Crippen LogP contribution in [0.5, 0.6) is 0 Å². The van der Waals surface area contributed by atoms with Crippen LogP contribution in [0.25, 0.3) is 0 Å². The lowest BCUT2D eigenvalue weighted by Gasteiger charge is -2.06. The number of nitrogens with zero attached hydrogens (tertiary/aromatic N) is 2. The largest absolute Gasteiger partial charge is 0.385 e.